The molecular weight excluding hydrogens is 388 g/mol. The number of nitrogens with one attached hydrogen (secondary N) is 1. The molecule has 0 bridgehead atoms. The molecule has 0 atom stereocenters. The number of benzene rings is 3. The van der Waals surface area contributed by atoms with Crippen LogP contribution in [0.5, 0.6) is 0 Å². The summed E-state index contributed by atoms with van der Waals surface area (Å²) in [7, 11) is -4.05. The number of hydrogen-bond acceptors (Lipinski definition) is 7. The fraction of sp³-hybridized carbons (Fsp3) is 0.0500. The maximum atomic E-state index is 13.2. The van der Waals surface area contributed by atoms with E-state index in [0.29, 0.717) is 16.6 Å². The van der Waals surface area contributed by atoms with Gasteiger partial charge in [0, 0.05) is 11.1 Å². The second-order valence-corrected chi connectivity index (χ2v) is 8.12. The van der Waals surface area contributed by atoms with E-state index >= 15 is 0 Å². The van der Waals surface area contributed by atoms with Crippen LogP contribution in [-0.4, -0.2) is 22.6 Å². The van der Waals surface area contributed by atoms with E-state index in [1.54, 1.807) is 36.4 Å². The van der Waals surface area contributed by atoms with E-state index in [1.165, 1.54) is 6.07 Å². The topological polar surface area (TPSA) is 127 Å². The number of rotatable bonds is 4. The second kappa shape index (κ2) is 6.92. The lowest BCUT2D eigenvalue weighted by molar-refractivity contribution is 0.582. The van der Waals surface area contributed by atoms with E-state index in [0.717, 1.165) is 15.0 Å². The standard InChI is InChI=1S/C20H16N6O2S/c1-13-11-14(12-21)9-10-17(13)23-20-24-19(22)26(25-20)29(27,28)18-8-4-6-15-5-2-3-7-16(15)18/h2-11H,1H3,(H3,22,23,24,25). The summed E-state index contributed by atoms with van der Waals surface area (Å²) in [5.41, 5.74) is 7.82. The van der Waals surface area contributed by atoms with Gasteiger partial charge in [0.2, 0.25) is 11.9 Å². The minimum Gasteiger partial charge on any atom is -0.367 e. The van der Waals surface area contributed by atoms with Crippen LogP contribution in [0.3, 0.4) is 0 Å². The molecule has 3 N–H and O–H groups in total. The van der Waals surface area contributed by atoms with Crippen molar-refractivity contribution < 1.29 is 8.42 Å². The van der Waals surface area contributed by atoms with Crippen LogP contribution in [0.1, 0.15) is 11.1 Å². The average Bonchev–Trinajstić information content (AvgIpc) is 3.10. The third-order valence-corrected chi connectivity index (χ3v) is 6.10. The third kappa shape index (κ3) is 3.26. The number of anilines is 3. The van der Waals surface area contributed by atoms with Crippen LogP contribution in [0.15, 0.2) is 65.6 Å². The fourth-order valence-electron chi connectivity index (χ4n) is 3.05. The van der Waals surface area contributed by atoms with Gasteiger partial charge >= 0.3 is 0 Å². The Hall–Kier alpha value is -3.90. The maximum absolute atomic E-state index is 13.2. The van der Waals surface area contributed by atoms with Crippen LogP contribution in [0.25, 0.3) is 10.8 Å². The predicted molar refractivity (Wildman–Crippen MR) is 110 cm³/mol. The van der Waals surface area contributed by atoms with Crippen LogP contribution in [0.4, 0.5) is 17.6 Å². The van der Waals surface area contributed by atoms with Gasteiger partial charge in [0.05, 0.1) is 16.5 Å². The molecule has 144 valence electrons. The Morgan fingerprint density at radius 1 is 1.10 bits per heavy atom. The Morgan fingerprint density at radius 3 is 2.62 bits per heavy atom. The minimum absolute atomic E-state index is 0.0409. The number of nitrogen functional groups attached to an aromatic ring is 1. The first-order valence-corrected chi connectivity index (χ1v) is 10.1. The lowest BCUT2D eigenvalue weighted by Gasteiger charge is -2.08. The van der Waals surface area contributed by atoms with Gasteiger partial charge in [0.25, 0.3) is 10.0 Å². The van der Waals surface area contributed by atoms with Gasteiger partial charge in [-0.2, -0.15) is 18.7 Å². The number of aryl methyl sites for hydroxylation is 1. The van der Waals surface area contributed by atoms with Crippen LogP contribution in [-0.2, 0) is 10.0 Å². The Morgan fingerprint density at radius 2 is 1.86 bits per heavy atom. The zero-order valence-corrected chi connectivity index (χ0v) is 16.2. The summed E-state index contributed by atoms with van der Waals surface area (Å²) in [5.74, 6) is -0.217. The van der Waals surface area contributed by atoms with Crippen molar-refractivity contribution in [3.05, 3.63) is 71.8 Å². The van der Waals surface area contributed by atoms with Crippen LogP contribution in [0.2, 0.25) is 0 Å². The van der Waals surface area contributed by atoms with Gasteiger partial charge < -0.3 is 11.1 Å². The van der Waals surface area contributed by atoms with Gasteiger partial charge in [-0.15, -0.1) is 9.19 Å². The predicted octanol–water partition coefficient (Wildman–Crippen LogP) is 3.17. The maximum Gasteiger partial charge on any atom is 0.286 e. The summed E-state index contributed by atoms with van der Waals surface area (Å²) in [6.45, 7) is 1.82. The van der Waals surface area contributed by atoms with Crippen molar-refractivity contribution in [1.82, 2.24) is 14.2 Å². The molecule has 0 aliphatic rings. The van der Waals surface area contributed by atoms with E-state index in [1.807, 2.05) is 25.1 Å². The molecule has 4 aromatic rings. The summed E-state index contributed by atoms with van der Waals surface area (Å²) in [6, 6.07) is 19.3. The van der Waals surface area contributed by atoms with Crippen molar-refractivity contribution in [1.29, 1.82) is 5.26 Å². The number of aromatic nitrogens is 3. The second-order valence-electron chi connectivity index (χ2n) is 6.39. The third-order valence-electron chi connectivity index (χ3n) is 4.46. The molecule has 0 spiro atoms. The van der Waals surface area contributed by atoms with Gasteiger partial charge in [-0.25, -0.2) is 0 Å². The van der Waals surface area contributed by atoms with Gasteiger partial charge in [0.1, 0.15) is 0 Å². The SMILES string of the molecule is Cc1cc(C#N)ccc1Nc1nc(N)n(S(=O)(=O)c2cccc3ccccc23)n1. The number of fused-ring (bicyclic) bond motifs is 1. The molecule has 0 radical (unpaired) electrons. The van der Waals surface area contributed by atoms with Crippen molar-refractivity contribution in [3.63, 3.8) is 0 Å². The zero-order chi connectivity index (χ0) is 20.6. The molecular formula is C20H16N6O2S. The lowest BCUT2D eigenvalue weighted by atomic mass is 10.1. The molecule has 3 aromatic carbocycles. The molecule has 0 unspecified atom stereocenters. The van der Waals surface area contributed by atoms with Crippen molar-refractivity contribution in [2.45, 2.75) is 11.8 Å². The molecule has 0 aliphatic heterocycles. The molecule has 0 fully saturated rings. The van der Waals surface area contributed by atoms with Crippen molar-refractivity contribution in [2.75, 3.05) is 11.1 Å². The molecule has 0 amide bonds. The van der Waals surface area contributed by atoms with E-state index in [2.05, 4.69) is 21.5 Å². The summed E-state index contributed by atoms with van der Waals surface area (Å²) < 4.78 is 27.1. The smallest absolute Gasteiger partial charge is 0.286 e. The van der Waals surface area contributed by atoms with Gasteiger partial charge in [-0.05, 0) is 42.1 Å². The quantitative estimate of drug-likeness (QED) is 0.535. The van der Waals surface area contributed by atoms with E-state index in [-0.39, 0.29) is 16.8 Å². The van der Waals surface area contributed by atoms with Crippen molar-refractivity contribution >= 4 is 38.4 Å². The number of nitrogens with two attached hydrogens (primary N) is 1. The van der Waals surface area contributed by atoms with Gasteiger partial charge in [0.15, 0.2) is 0 Å². The fourth-order valence-corrected chi connectivity index (χ4v) is 4.42. The number of nitrogens with zero attached hydrogens (tertiary/aromatic N) is 4. The van der Waals surface area contributed by atoms with E-state index in [9.17, 15) is 8.42 Å². The number of hydrogen-bond donors (Lipinski definition) is 2. The highest BCUT2D eigenvalue weighted by Crippen LogP contribution is 2.27. The molecule has 8 nitrogen and oxygen atoms in total. The molecule has 1 aromatic heterocycles. The Labute approximate surface area is 167 Å². The lowest BCUT2D eigenvalue weighted by Crippen LogP contribution is -2.17. The molecule has 9 heteroatoms. The Bertz CT molecular complexity index is 1380. The van der Waals surface area contributed by atoms with Gasteiger partial charge in [-0.1, -0.05) is 36.4 Å². The summed E-state index contributed by atoms with van der Waals surface area (Å²) in [4.78, 5) is 4.13. The molecule has 0 aliphatic carbocycles. The highest BCUT2D eigenvalue weighted by Gasteiger charge is 2.25. The molecule has 29 heavy (non-hydrogen) atoms. The first kappa shape index (κ1) is 18.5. The first-order valence-electron chi connectivity index (χ1n) is 8.64. The normalized spacial score (nSPS) is 11.3. The zero-order valence-electron chi connectivity index (χ0n) is 15.4. The van der Waals surface area contributed by atoms with Crippen LogP contribution < -0.4 is 11.1 Å². The van der Waals surface area contributed by atoms with Crippen molar-refractivity contribution in [3.8, 4) is 6.07 Å². The van der Waals surface area contributed by atoms with Crippen LogP contribution in [0, 0.1) is 18.3 Å². The van der Waals surface area contributed by atoms with E-state index in [4.69, 9.17) is 11.0 Å². The highest BCUT2D eigenvalue weighted by molar-refractivity contribution is 7.90. The number of nitriles is 1. The van der Waals surface area contributed by atoms with E-state index < -0.39 is 10.0 Å². The highest BCUT2D eigenvalue weighted by atomic mass is 32.2. The van der Waals surface area contributed by atoms with Crippen LogP contribution >= 0.6 is 0 Å². The summed E-state index contributed by atoms with van der Waals surface area (Å²) in [6.07, 6.45) is 0. The molecule has 0 saturated heterocycles. The summed E-state index contributed by atoms with van der Waals surface area (Å²) in [5, 5.41) is 17.3. The largest absolute Gasteiger partial charge is 0.367 e. The Kier molecular flexibility index (Phi) is 4.41. The molecule has 1 heterocycles. The monoisotopic (exact) mass is 404 g/mol. The van der Waals surface area contributed by atoms with Gasteiger partial charge in [-0.3, -0.25) is 0 Å². The average molecular weight is 404 g/mol. The minimum atomic E-state index is -4.05. The van der Waals surface area contributed by atoms with Crippen molar-refractivity contribution in [2.24, 2.45) is 0 Å². The summed E-state index contributed by atoms with van der Waals surface area (Å²) >= 11 is 0. The molecule has 4 rings (SSSR count). The molecule has 0 saturated carbocycles. The Balaban J connectivity index is 1.75. The first-order chi connectivity index (χ1) is 13.9.